The third-order valence-electron chi connectivity index (χ3n) is 15.3. The van der Waals surface area contributed by atoms with E-state index in [-0.39, 0.29) is 45.5 Å². The van der Waals surface area contributed by atoms with Crippen molar-refractivity contribution in [1.29, 1.82) is 5.41 Å². The van der Waals surface area contributed by atoms with Crippen molar-refractivity contribution >= 4 is 11.8 Å². The number of aliphatic hydroxyl groups is 1. The number of nitrogens with one attached hydrogen (secondary N) is 1. The molecule has 0 spiro atoms. The average molecular weight is 633 g/mol. The van der Waals surface area contributed by atoms with Gasteiger partial charge in [-0.05, 0) is 133 Å². The molecule has 6 nitrogen and oxygen atoms in total. The van der Waals surface area contributed by atoms with E-state index >= 15 is 0 Å². The molecule has 0 heterocycles. The third-order valence-corrected chi connectivity index (χ3v) is 15.3. The molecule has 4 fully saturated rings. The summed E-state index contributed by atoms with van der Waals surface area (Å²) in [6.45, 7) is 18.0. The van der Waals surface area contributed by atoms with E-state index in [1.807, 2.05) is 12.1 Å². The molecule has 6 heteroatoms. The molecule has 0 amide bonds. The molecule has 1 aromatic carbocycles. The summed E-state index contributed by atoms with van der Waals surface area (Å²) in [5.41, 5.74) is 7.77. The zero-order chi connectivity index (χ0) is 33.3. The molecule has 0 bridgehead atoms. The van der Waals surface area contributed by atoms with Crippen LogP contribution in [0.3, 0.4) is 0 Å². The number of benzene rings is 1. The smallest absolute Gasteiger partial charge is 0.312 e. The first-order valence-corrected chi connectivity index (χ1v) is 18.2. The summed E-state index contributed by atoms with van der Waals surface area (Å²) in [5, 5.41) is 18.6. The number of hydrogen-bond donors (Lipinski definition) is 3. The predicted molar refractivity (Wildman–Crippen MR) is 184 cm³/mol. The van der Waals surface area contributed by atoms with Crippen molar-refractivity contribution in [3.63, 3.8) is 0 Å². The number of allylic oxidation sites excluding steroid dienone is 2. The normalized spacial score (nSPS) is 42.7. The Morgan fingerprint density at radius 3 is 2.35 bits per heavy atom. The molecule has 0 radical (unpaired) electrons. The van der Waals surface area contributed by atoms with Gasteiger partial charge in [-0.3, -0.25) is 10.2 Å². The zero-order valence-electron chi connectivity index (χ0n) is 29.6. The summed E-state index contributed by atoms with van der Waals surface area (Å²) in [6, 6.07) is 7.22. The fraction of sp³-hybridized carbons (Fsp3) is 0.750. The van der Waals surface area contributed by atoms with Crippen molar-refractivity contribution in [3.05, 3.63) is 41.5 Å². The lowest BCUT2D eigenvalue weighted by atomic mass is 9.33. The van der Waals surface area contributed by atoms with Crippen molar-refractivity contribution in [2.75, 3.05) is 13.2 Å². The van der Waals surface area contributed by atoms with Gasteiger partial charge in [0.1, 0.15) is 11.6 Å². The van der Waals surface area contributed by atoms with Crippen LogP contribution >= 0.6 is 0 Å². The number of rotatable bonds is 7. The lowest BCUT2D eigenvalue weighted by Gasteiger charge is -2.71. The lowest BCUT2D eigenvalue weighted by Crippen LogP contribution is -2.65. The van der Waals surface area contributed by atoms with Gasteiger partial charge in [0.25, 0.3) is 0 Å². The number of amidine groups is 1. The van der Waals surface area contributed by atoms with Gasteiger partial charge in [-0.1, -0.05) is 60.1 Å². The van der Waals surface area contributed by atoms with Crippen molar-refractivity contribution < 1.29 is 19.4 Å². The quantitative estimate of drug-likeness (QED) is 0.0922. The van der Waals surface area contributed by atoms with E-state index in [1.165, 1.54) is 12.8 Å². The molecule has 0 unspecified atom stereocenters. The third kappa shape index (κ3) is 4.89. The second-order valence-electron chi connectivity index (χ2n) is 17.5. The molecule has 6 rings (SSSR count). The Morgan fingerprint density at radius 2 is 1.65 bits per heavy atom. The molecule has 5 aliphatic rings. The van der Waals surface area contributed by atoms with Gasteiger partial charge in [0, 0.05) is 12.0 Å². The first-order valence-electron chi connectivity index (χ1n) is 18.2. The van der Waals surface area contributed by atoms with Crippen LogP contribution in [-0.2, 0) is 9.53 Å². The van der Waals surface area contributed by atoms with E-state index in [1.54, 1.807) is 17.7 Å². The maximum Gasteiger partial charge on any atom is 0.312 e. The van der Waals surface area contributed by atoms with Crippen LogP contribution < -0.4 is 10.5 Å². The predicted octanol–water partition coefficient (Wildman–Crippen LogP) is 8.30. The van der Waals surface area contributed by atoms with Gasteiger partial charge in [-0.15, -0.1) is 0 Å². The van der Waals surface area contributed by atoms with Gasteiger partial charge in [0.15, 0.2) is 0 Å². The second kappa shape index (κ2) is 11.7. The highest BCUT2D eigenvalue weighted by molar-refractivity contribution is 5.94. The number of aliphatic hydroxyl groups excluding tert-OH is 1. The maximum absolute atomic E-state index is 14.3. The highest BCUT2D eigenvalue weighted by atomic mass is 16.5. The number of esters is 1. The van der Waals surface area contributed by atoms with E-state index in [9.17, 15) is 9.90 Å². The number of hydrogen-bond acceptors (Lipinski definition) is 5. The minimum atomic E-state index is -0.443. The van der Waals surface area contributed by atoms with Crippen molar-refractivity contribution in [2.45, 2.75) is 119 Å². The Balaban J connectivity index is 1.21. The SMILES string of the molecule is C[C@H]1[C@H](C)CC[C@]2(C(=O)OCCCOc3ccc(C(=N)N)cc3)CC[C@]3(C)C(=CC[C@@H]4[C@@]5(C)CC[C@H](O)C(C)(C)[C@@H]5CC[C@]43C)[C@H]12. The van der Waals surface area contributed by atoms with Gasteiger partial charge >= 0.3 is 5.97 Å². The Bertz CT molecular complexity index is 1370. The van der Waals surface area contributed by atoms with E-state index in [0.717, 1.165) is 50.7 Å². The molecule has 46 heavy (non-hydrogen) atoms. The van der Waals surface area contributed by atoms with E-state index < -0.39 is 5.41 Å². The van der Waals surface area contributed by atoms with Gasteiger partial charge in [-0.2, -0.15) is 0 Å². The number of ether oxygens (including phenoxy) is 2. The van der Waals surface area contributed by atoms with Crippen LogP contribution in [0.25, 0.3) is 0 Å². The topological polar surface area (TPSA) is 106 Å². The number of fused-ring (bicyclic) bond motifs is 7. The van der Waals surface area contributed by atoms with Gasteiger partial charge in [0.05, 0.1) is 24.7 Å². The van der Waals surface area contributed by atoms with Gasteiger partial charge < -0.3 is 20.3 Å². The molecule has 1 aromatic rings. The summed E-state index contributed by atoms with van der Waals surface area (Å²) < 4.78 is 12.1. The molecular formula is C40H60N2O4. The Kier molecular flexibility index (Phi) is 8.51. The Hall–Kier alpha value is -2.34. The summed E-state index contributed by atoms with van der Waals surface area (Å²) in [4.78, 5) is 14.3. The second-order valence-corrected chi connectivity index (χ2v) is 17.5. The zero-order valence-corrected chi connectivity index (χ0v) is 29.6. The van der Waals surface area contributed by atoms with Crippen molar-refractivity contribution in [1.82, 2.24) is 0 Å². The standard InChI is InChI=1S/C40H60N2O4/c1-25-15-20-40(35(44)46-24-8-23-45-28-11-9-27(10-12-28)34(41)42)22-21-38(6)29(33(40)26(25)2)13-14-31-37(5)18-17-32(43)36(3,4)30(37)16-19-39(31,38)7/h9-13,25-26,30-33,43H,8,14-24H2,1-7H3,(H3,41,42)/t25-,26+,30+,31-,32+,33+,37+,38-,39-,40+/m1/s1. The van der Waals surface area contributed by atoms with Gasteiger partial charge in [0.2, 0.25) is 0 Å². The number of nitrogen functional groups attached to an aromatic ring is 1. The molecule has 5 aliphatic carbocycles. The lowest BCUT2D eigenvalue weighted by molar-refractivity contribution is -0.207. The first kappa shape index (κ1) is 33.6. The minimum Gasteiger partial charge on any atom is -0.493 e. The largest absolute Gasteiger partial charge is 0.493 e. The highest BCUT2D eigenvalue weighted by Crippen LogP contribution is 2.75. The molecular weight excluding hydrogens is 572 g/mol. The number of carbonyl (C=O) groups excluding carboxylic acids is 1. The molecule has 4 N–H and O–H groups in total. The Labute approximate surface area is 277 Å². The monoisotopic (exact) mass is 632 g/mol. The molecule has 10 atom stereocenters. The fourth-order valence-electron chi connectivity index (χ4n) is 12.1. The van der Waals surface area contributed by atoms with Crippen molar-refractivity contribution in [2.24, 2.45) is 62.4 Å². The van der Waals surface area contributed by atoms with E-state index in [2.05, 4.69) is 54.5 Å². The van der Waals surface area contributed by atoms with Crippen LogP contribution in [0.4, 0.5) is 0 Å². The summed E-state index contributed by atoms with van der Waals surface area (Å²) >= 11 is 0. The summed E-state index contributed by atoms with van der Waals surface area (Å²) in [7, 11) is 0. The molecule has 0 aliphatic heterocycles. The van der Waals surface area contributed by atoms with Crippen LogP contribution in [0.15, 0.2) is 35.9 Å². The van der Waals surface area contributed by atoms with E-state index in [0.29, 0.717) is 48.9 Å². The van der Waals surface area contributed by atoms with Crippen LogP contribution in [-0.4, -0.2) is 36.2 Å². The first-order chi connectivity index (χ1) is 21.6. The van der Waals surface area contributed by atoms with Crippen LogP contribution in [0.2, 0.25) is 0 Å². The summed E-state index contributed by atoms with van der Waals surface area (Å²) in [5.74, 6) is 3.15. The average Bonchev–Trinajstić information content (AvgIpc) is 3.01. The molecule has 0 aromatic heterocycles. The summed E-state index contributed by atoms with van der Waals surface area (Å²) in [6.07, 6.45) is 12.5. The van der Waals surface area contributed by atoms with Crippen LogP contribution in [0.1, 0.15) is 118 Å². The maximum atomic E-state index is 14.3. The Morgan fingerprint density at radius 1 is 0.935 bits per heavy atom. The van der Waals surface area contributed by atoms with Crippen molar-refractivity contribution in [3.8, 4) is 5.75 Å². The fourth-order valence-corrected chi connectivity index (χ4v) is 12.1. The van der Waals surface area contributed by atoms with Crippen LogP contribution in [0, 0.1) is 62.1 Å². The number of nitrogens with two attached hydrogens (primary N) is 1. The molecule has 4 saturated carbocycles. The molecule has 254 valence electrons. The molecule has 0 saturated heterocycles. The van der Waals surface area contributed by atoms with Crippen LogP contribution in [0.5, 0.6) is 5.75 Å². The highest BCUT2D eigenvalue weighted by Gasteiger charge is 2.69. The van der Waals surface area contributed by atoms with Gasteiger partial charge in [-0.25, -0.2) is 0 Å². The number of carbonyl (C=O) groups is 1. The van der Waals surface area contributed by atoms with E-state index in [4.69, 9.17) is 20.6 Å². The minimum absolute atomic E-state index is 0.0102.